The molecule has 0 amide bonds. The van der Waals surface area contributed by atoms with Crippen molar-refractivity contribution in [2.24, 2.45) is 0 Å². The van der Waals surface area contributed by atoms with Crippen molar-refractivity contribution >= 4 is 40.3 Å². The van der Waals surface area contributed by atoms with E-state index in [4.69, 9.17) is 22.1 Å². The van der Waals surface area contributed by atoms with Crippen molar-refractivity contribution in [3.05, 3.63) is 64.8 Å². The van der Waals surface area contributed by atoms with Crippen LogP contribution in [0, 0.1) is 0 Å². The summed E-state index contributed by atoms with van der Waals surface area (Å²) in [7, 11) is 1.63. The fourth-order valence-electron chi connectivity index (χ4n) is 2.30. The maximum absolute atomic E-state index is 6.04. The number of hydrogen-bond acceptors (Lipinski definition) is 3. The van der Waals surface area contributed by atoms with E-state index >= 15 is 0 Å². The summed E-state index contributed by atoms with van der Waals surface area (Å²) < 4.78 is 5.29. The Balaban J connectivity index is 2.06. The summed E-state index contributed by atoms with van der Waals surface area (Å²) >= 11 is 5.90. The lowest BCUT2D eigenvalue weighted by molar-refractivity contribution is 0.415. The fourth-order valence-corrected chi connectivity index (χ4v) is 2.42. The number of rotatable bonds is 3. The number of nitrogens with zero attached hydrogens (tertiary/aromatic N) is 1. The molecule has 0 radical (unpaired) electrons. The quantitative estimate of drug-likeness (QED) is 0.716. The van der Waals surface area contributed by atoms with Gasteiger partial charge in [-0.1, -0.05) is 35.9 Å². The number of benzene rings is 2. The Morgan fingerprint density at radius 3 is 2.59 bits per heavy atom. The number of nitrogens with two attached hydrogens (primary N) is 1. The van der Waals surface area contributed by atoms with Crippen LogP contribution in [0.25, 0.3) is 23.1 Å². The number of aromatic nitrogens is 1. The minimum absolute atomic E-state index is 0.607. The van der Waals surface area contributed by atoms with Gasteiger partial charge in [0, 0.05) is 22.7 Å². The molecule has 0 unspecified atom stereocenters. The van der Waals surface area contributed by atoms with Crippen molar-refractivity contribution in [2.45, 2.75) is 0 Å². The number of fused-ring (bicyclic) bond motifs is 1. The van der Waals surface area contributed by atoms with Crippen LogP contribution in [-0.4, -0.2) is 12.1 Å². The van der Waals surface area contributed by atoms with Gasteiger partial charge in [-0.15, -0.1) is 0 Å². The minimum atomic E-state index is 0.607. The second kappa shape index (κ2) is 6.08. The first-order chi connectivity index (χ1) is 10.7. The molecule has 2 aromatic carbocycles. The topological polar surface area (TPSA) is 48.1 Å². The molecular weight excluding hydrogens is 296 g/mol. The molecule has 2 N–H and O–H groups in total. The highest BCUT2D eigenvalue weighted by atomic mass is 35.5. The molecule has 0 aliphatic carbocycles. The molecule has 22 heavy (non-hydrogen) atoms. The number of nitrogen functional groups attached to an aromatic ring is 1. The number of hydrogen-bond donors (Lipinski definition) is 1. The van der Waals surface area contributed by atoms with Gasteiger partial charge in [-0.2, -0.15) is 0 Å². The minimum Gasteiger partial charge on any atom is -0.497 e. The van der Waals surface area contributed by atoms with Crippen molar-refractivity contribution in [1.29, 1.82) is 0 Å². The molecule has 0 fully saturated rings. The van der Waals surface area contributed by atoms with E-state index in [-0.39, 0.29) is 0 Å². The average molecular weight is 311 g/mol. The van der Waals surface area contributed by atoms with Gasteiger partial charge in [-0.05, 0) is 35.4 Å². The van der Waals surface area contributed by atoms with Gasteiger partial charge in [0.2, 0.25) is 0 Å². The summed E-state index contributed by atoms with van der Waals surface area (Å²) in [6, 6.07) is 13.4. The van der Waals surface area contributed by atoms with Crippen LogP contribution in [-0.2, 0) is 0 Å². The first kappa shape index (κ1) is 14.4. The van der Waals surface area contributed by atoms with Crippen molar-refractivity contribution in [1.82, 2.24) is 4.98 Å². The Morgan fingerprint density at radius 2 is 1.86 bits per heavy atom. The monoisotopic (exact) mass is 310 g/mol. The van der Waals surface area contributed by atoms with E-state index in [1.807, 2.05) is 48.6 Å². The molecule has 0 aliphatic rings. The average Bonchev–Trinajstić information content (AvgIpc) is 2.54. The van der Waals surface area contributed by atoms with Crippen LogP contribution >= 0.6 is 11.6 Å². The molecule has 0 bridgehead atoms. The van der Waals surface area contributed by atoms with Crippen molar-refractivity contribution < 1.29 is 4.74 Å². The van der Waals surface area contributed by atoms with Crippen LogP contribution in [0.5, 0.6) is 5.75 Å². The smallest absolute Gasteiger partial charge is 0.121 e. The lowest BCUT2D eigenvalue weighted by atomic mass is 10.1. The largest absolute Gasteiger partial charge is 0.497 e. The Hall–Kier alpha value is -2.52. The zero-order chi connectivity index (χ0) is 15.5. The summed E-state index contributed by atoms with van der Waals surface area (Å²) in [5.41, 5.74) is 9.54. The zero-order valence-electron chi connectivity index (χ0n) is 12.1. The van der Waals surface area contributed by atoms with E-state index in [1.165, 1.54) is 0 Å². The van der Waals surface area contributed by atoms with Crippen LogP contribution in [0.15, 0.2) is 48.7 Å². The first-order valence-electron chi connectivity index (χ1n) is 6.83. The standard InChI is InChI=1S/C18H15ClN2O/c1-22-15-10-16-13(8-9-21-18(16)17(20)11-15)5-2-12-3-6-14(19)7-4-12/h2-11H,20H2,1H3/b5-2+. The Labute approximate surface area is 134 Å². The Bertz CT molecular complexity index is 842. The molecule has 4 heteroatoms. The Kier molecular flexibility index (Phi) is 3.98. The molecule has 3 nitrogen and oxygen atoms in total. The molecule has 1 heterocycles. The highest BCUT2D eigenvalue weighted by Crippen LogP contribution is 2.29. The third kappa shape index (κ3) is 2.90. The molecule has 110 valence electrons. The maximum atomic E-state index is 6.04. The van der Waals surface area contributed by atoms with Gasteiger partial charge >= 0.3 is 0 Å². The van der Waals surface area contributed by atoms with E-state index in [2.05, 4.69) is 4.98 Å². The number of pyridine rings is 1. The van der Waals surface area contributed by atoms with E-state index in [1.54, 1.807) is 19.4 Å². The fraction of sp³-hybridized carbons (Fsp3) is 0.0556. The molecule has 0 saturated heterocycles. The van der Waals surface area contributed by atoms with Crippen molar-refractivity contribution in [3.63, 3.8) is 0 Å². The van der Waals surface area contributed by atoms with E-state index in [0.717, 1.165) is 32.8 Å². The zero-order valence-corrected chi connectivity index (χ0v) is 12.8. The summed E-state index contributed by atoms with van der Waals surface area (Å²) in [6.45, 7) is 0. The summed E-state index contributed by atoms with van der Waals surface area (Å²) in [4.78, 5) is 4.35. The van der Waals surface area contributed by atoms with Gasteiger partial charge in [0.1, 0.15) is 5.75 Å². The molecular formula is C18H15ClN2O. The van der Waals surface area contributed by atoms with Crippen LogP contribution in [0.1, 0.15) is 11.1 Å². The first-order valence-corrected chi connectivity index (χ1v) is 7.21. The van der Waals surface area contributed by atoms with Crippen LogP contribution in [0.4, 0.5) is 5.69 Å². The lowest BCUT2D eigenvalue weighted by Gasteiger charge is -2.07. The van der Waals surface area contributed by atoms with Crippen molar-refractivity contribution in [2.75, 3.05) is 12.8 Å². The number of anilines is 1. The third-order valence-corrected chi connectivity index (χ3v) is 3.69. The molecule has 3 rings (SSSR count). The van der Waals surface area contributed by atoms with Crippen LogP contribution < -0.4 is 10.5 Å². The maximum Gasteiger partial charge on any atom is 0.121 e. The van der Waals surface area contributed by atoms with Gasteiger partial charge in [-0.3, -0.25) is 4.98 Å². The number of methoxy groups -OCH3 is 1. The second-order valence-corrected chi connectivity index (χ2v) is 5.33. The number of halogens is 1. The molecule has 0 atom stereocenters. The lowest BCUT2D eigenvalue weighted by Crippen LogP contribution is -1.93. The molecule has 0 aliphatic heterocycles. The predicted octanol–water partition coefficient (Wildman–Crippen LogP) is 4.65. The van der Waals surface area contributed by atoms with Gasteiger partial charge in [-0.25, -0.2) is 0 Å². The summed E-state index contributed by atoms with van der Waals surface area (Å²) in [5.74, 6) is 0.721. The number of ether oxygens (including phenoxy) is 1. The van der Waals surface area contributed by atoms with Crippen LogP contribution in [0.3, 0.4) is 0 Å². The van der Waals surface area contributed by atoms with Crippen LogP contribution in [0.2, 0.25) is 5.02 Å². The summed E-state index contributed by atoms with van der Waals surface area (Å²) in [6.07, 6.45) is 5.82. The predicted molar refractivity (Wildman–Crippen MR) is 93.1 cm³/mol. The highest BCUT2D eigenvalue weighted by Gasteiger charge is 2.06. The van der Waals surface area contributed by atoms with Crippen molar-refractivity contribution in [3.8, 4) is 5.75 Å². The molecule has 1 aromatic heterocycles. The SMILES string of the molecule is COc1cc(N)c2nccc(/C=C/c3ccc(Cl)cc3)c2c1. The van der Waals surface area contributed by atoms with Gasteiger partial charge in [0.25, 0.3) is 0 Å². The normalized spacial score (nSPS) is 11.2. The molecule has 0 saturated carbocycles. The molecule has 3 aromatic rings. The van der Waals surface area contributed by atoms with E-state index < -0.39 is 0 Å². The van der Waals surface area contributed by atoms with E-state index in [0.29, 0.717) is 5.69 Å². The third-order valence-electron chi connectivity index (χ3n) is 3.44. The van der Waals surface area contributed by atoms with Gasteiger partial charge in [0.05, 0.1) is 18.3 Å². The molecule has 0 spiro atoms. The van der Waals surface area contributed by atoms with Gasteiger partial charge < -0.3 is 10.5 Å². The highest BCUT2D eigenvalue weighted by molar-refractivity contribution is 6.30. The van der Waals surface area contributed by atoms with Gasteiger partial charge in [0.15, 0.2) is 0 Å². The summed E-state index contributed by atoms with van der Waals surface area (Å²) in [5, 5.41) is 1.69. The van der Waals surface area contributed by atoms with E-state index in [9.17, 15) is 0 Å². The second-order valence-electron chi connectivity index (χ2n) is 4.90. The Morgan fingerprint density at radius 1 is 1.09 bits per heavy atom.